The lowest BCUT2D eigenvalue weighted by Crippen LogP contribution is -2.49. The number of rotatable bonds is 4. The van der Waals surface area contributed by atoms with Gasteiger partial charge in [0.05, 0.1) is 16.6 Å². The number of thiophene rings is 1. The van der Waals surface area contributed by atoms with Crippen LogP contribution in [0.5, 0.6) is 0 Å². The van der Waals surface area contributed by atoms with Crippen molar-refractivity contribution in [2.75, 3.05) is 19.3 Å². The first-order valence-electron chi connectivity index (χ1n) is 8.03. The smallest absolute Gasteiger partial charge is 0.264 e. The van der Waals surface area contributed by atoms with E-state index in [0.717, 1.165) is 40.8 Å². The average molecular weight is 399 g/mol. The molecule has 0 spiro atoms. The molecular weight excluding hydrogens is 380 g/mol. The molecule has 0 saturated carbocycles. The number of nitrogens with zero attached hydrogens (tertiary/aromatic N) is 3. The lowest BCUT2D eigenvalue weighted by atomic mass is 10.0. The summed E-state index contributed by atoms with van der Waals surface area (Å²) in [4.78, 5) is 21.8. The van der Waals surface area contributed by atoms with Crippen LogP contribution in [0.2, 0.25) is 0 Å². The van der Waals surface area contributed by atoms with Crippen LogP contribution in [0.15, 0.2) is 17.6 Å². The molecule has 1 amide bonds. The van der Waals surface area contributed by atoms with Gasteiger partial charge in [0.15, 0.2) is 4.96 Å². The Bertz CT molecular complexity index is 1030. The highest BCUT2D eigenvalue weighted by Crippen LogP contribution is 2.30. The van der Waals surface area contributed by atoms with Gasteiger partial charge in [-0.1, -0.05) is 0 Å². The van der Waals surface area contributed by atoms with Crippen LogP contribution in [0.4, 0.5) is 0 Å². The van der Waals surface area contributed by atoms with Gasteiger partial charge in [-0.05, 0) is 25.3 Å². The van der Waals surface area contributed by atoms with E-state index in [9.17, 15) is 13.2 Å². The highest BCUT2D eigenvalue weighted by atomic mass is 32.2. The molecule has 3 aromatic rings. The van der Waals surface area contributed by atoms with Crippen LogP contribution in [0.25, 0.3) is 15.3 Å². The first-order valence-corrected chi connectivity index (χ1v) is 11.6. The van der Waals surface area contributed by atoms with Gasteiger partial charge < -0.3 is 4.90 Å². The van der Waals surface area contributed by atoms with Crippen molar-refractivity contribution < 1.29 is 13.2 Å². The maximum Gasteiger partial charge on any atom is 0.264 e. The Kier molecular flexibility index (Phi) is 4.30. The molecule has 1 N–H and O–H groups in total. The molecule has 0 aromatic carbocycles. The number of hydrogen-bond donors (Lipinski definition) is 1. The van der Waals surface area contributed by atoms with Crippen molar-refractivity contribution in [1.29, 1.82) is 0 Å². The van der Waals surface area contributed by atoms with Gasteiger partial charge >= 0.3 is 0 Å². The van der Waals surface area contributed by atoms with Gasteiger partial charge in [0, 0.05) is 30.7 Å². The van der Waals surface area contributed by atoms with E-state index in [4.69, 9.17) is 0 Å². The van der Waals surface area contributed by atoms with Crippen LogP contribution < -0.4 is 4.72 Å². The molecule has 1 fully saturated rings. The summed E-state index contributed by atoms with van der Waals surface area (Å²) in [5.41, 5.74) is 0.951. The maximum atomic E-state index is 13.0. The SMILES string of the molecule is CS(=O)(=O)NCC1CCCCN1C(=O)c1cc2c(nc3sccn32)s1. The van der Waals surface area contributed by atoms with E-state index in [-0.39, 0.29) is 18.5 Å². The molecular formula is C15H18N4O3S3. The number of aromatic nitrogens is 2. The van der Waals surface area contributed by atoms with Crippen molar-refractivity contribution in [3.63, 3.8) is 0 Å². The monoisotopic (exact) mass is 398 g/mol. The van der Waals surface area contributed by atoms with E-state index in [1.807, 2.05) is 26.9 Å². The Balaban J connectivity index is 1.59. The summed E-state index contributed by atoms with van der Waals surface area (Å²) < 4.78 is 27.3. The first-order chi connectivity index (χ1) is 11.9. The summed E-state index contributed by atoms with van der Waals surface area (Å²) in [7, 11) is -3.26. The molecule has 10 heteroatoms. The summed E-state index contributed by atoms with van der Waals surface area (Å²) >= 11 is 2.97. The fourth-order valence-corrected chi connectivity index (χ4v) is 5.47. The third-order valence-electron chi connectivity index (χ3n) is 4.42. The predicted molar refractivity (Wildman–Crippen MR) is 100.0 cm³/mol. The largest absolute Gasteiger partial charge is 0.334 e. The van der Waals surface area contributed by atoms with E-state index in [1.54, 1.807) is 11.3 Å². The van der Waals surface area contributed by atoms with E-state index in [2.05, 4.69) is 9.71 Å². The topological polar surface area (TPSA) is 83.8 Å². The molecule has 134 valence electrons. The van der Waals surface area contributed by atoms with Crippen molar-refractivity contribution in [3.05, 3.63) is 22.5 Å². The molecule has 3 aromatic heterocycles. The van der Waals surface area contributed by atoms with Crippen LogP contribution >= 0.6 is 22.7 Å². The van der Waals surface area contributed by atoms with Crippen molar-refractivity contribution in [1.82, 2.24) is 19.0 Å². The molecule has 4 rings (SSSR count). The minimum Gasteiger partial charge on any atom is -0.334 e. The highest BCUT2D eigenvalue weighted by molar-refractivity contribution is 7.88. The molecule has 1 saturated heterocycles. The summed E-state index contributed by atoms with van der Waals surface area (Å²) in [6, 6.07) is 1.79. The van der Waals surface area contributed by atoms with Crippen molar-refractivity contribution in [3.8, 4) is 0 Å². The number of hydrogen-bond acceptors (Lipinski definition) is 6. The molecule has 0 radical (unpaired) electrons. The average Bonchev–Trinajstić information content (AvgIpc) is 3.23. The minimum atomic E-state index is -3.26. The number of likely N-dealkylation sites (tertiary alicyclic amines) is 1. The number of nitrogens with one attached hydrogen (secondary N) is 1. The Morgan fingerprint density at radius 1 is 1.44 bits per heavy atom. The molecule has 4 heterocycles. The summed E-state index contributed by atoms with van der Waals surface area (Å²) in [5.74, 6) is -0.0352. The number of carbonyl (C=O) groups is 1. The number of amides is 1. The summed E-state index contributed by atoms with van der Waals surface area (Å²) in [5, 5.41) is 1.97. The fourth-order valence-electron chi connectivity index (χ4n) is 3.22. The van der Waals surface area contributed by atoms with Gasteiger partial charge in [-0.25, -0.2) is 18.1 Å². The number of imidazole rings is 1. The zero-order valence-corrected chi connectivity index (χ0v) is 16.1. The summed E-state index contributed by atoms with van der Waals surface area (Å²) in [6.07, 6.45) is 5.86. The zero-order chi connectivity index (χ0) is 17.6. The van der Waals surface area contributed by atoms with Crippen LogP contribution in [-0.4, -0.2) is 54.0 Å². The fraction of sp³-hybridized carbons (Fsp3) is 0.467. The van der Waals surface area contributed by atoms with Crippen LogP contribution in [-0.2, 0) is 10.0 Å². The molecule has 0 aliphatic carbocycles. The Hall–Kier alpha value is -1.49. The van der Waals surface area contributed by atoms with Gasteiger partial charge in [0.2, 0.25) is 10.0 Å². The second-order valence-electron chi connectivity index (χ2n) is 6.24. The Morgan fingerprint density at radius 3 is 3.08 bits per heavy atom. The Morgan fingerprint density at radius 2 is 2.28 bits per heavy atom. The van der Waals surface area contributed by atoms with Gasteiger partial charge in [-0.15, -0.1) is 22.7 Å². The maximum absolute atomic E-state index is 13.0. The Labute approximate surface area is 153 Å². The zero-order valence-electron chi connectivity index (χ0n) is 13.6. The normalized spacial score (nSPS) is 19.1. The van der Waals surface area contributed by atoms with E-state index in [0.29, 0.717) is 11.4 Å². The molecule has 1 aliphatic rings. The molecule has 1 atom stereocenters. The second kappa shape index (κ2) is 6.35. The van der Waals surface area contributed by atoms with Crippen molar-refractivity contribution >= 4 is 53.9 Å². The lowest BCUT2D eigenvalue weighted by Gasteiger charge is -2.35. The van der Waals surface area contributed by atoms with Gasteiger partial charge in [-0.2, -0.15) is 0 Å². The van der Waals surface area contributed by atoms with Crippen molar-refractivity contribution in [2.24, 2.45) is 0 Å². The minimum absolute atomic E-state index is 0.0352. The van der Waals surface area contributed by atoms with E-state index in [1.165, 1.54) is 11.3 Å². The third kappa shape index (κ3) is 3.31. The molecule has 7 nitrogen and oxygen atoms in total. The van der Waals surface area contributed by atoms with Gasteiger partial charge in [0.25, 0.3) is 5.91 Å². The molecule has 1 aliphatic heterocycles. The van der Waals surface area contributed by atoms with Crippen molar-refractivity contribution in [2.45, 2.75) is 25.3 Å². The number of sulfonamides is 1. The molecule has 1 unspecified atom stereocenters. The number of piperidine rings is 1. The van der Waals surface area contributed by atoms with Crippen LogP contribution in [0.3, 0.4) is 0 Å². The van der Waals surface area contributed by atoms with Crippen LogP contribution in [0, 0.1) is 0 Å². The second-order valence-corrected chi connectivity index (χ2v) is 9.97. The molecule has 0 bridgehead atoms. The quantitative estimate of drug-likeness (QED) is 0.730. The first kappa shape index (κ1) is 17.0. The van der Waals surface area contributed by atoms with E-state index >= 15 is 0 Å². The number of fused-ring (bicyclic) bond motifs is 3. The standard InChI is InChI=1S/C15H18N4O3S3/c1-25(21,22)16-9-10-4-2-3-5-18(10)14(20)12-8-11-13(24-12)17-15-19(11)6-7-23-15/h6-8,10,16H,2-5,9H2,1H3. The number of carbonyl (C=O) groups excluding carboxylic acids is 1. The summed E-state index contributed by atoms with van der Waals surface area (Å²) in [6.45, 7) is 0.926. The number of thiazole rings is 1. The molecule has 25 heavy (non-hydrogen) atoms. The third-order valence-corrected chi connectivity index (χ3v) is 6.87. The van der Waals surface area contributed by atoms with Crippen LogP contribution in [0.1, 0.15) is 28.9 Å². The highest BCUT2D eigenvalue weighted by Gasteiger charge is 2.29. The van der Waals surface area contributed by atoms with E-state index < -0.39 is 10.0 Å². The van der Waals surface area contributed by atoms with Gasteiger partial charge in [0.1, 0.15) is 4.83 Å². The predicted octanol–water partition coefficient (Wildman–Crippen LogP) is 2.15. The van der Waals surface area contributed by atoms with Gasteiger partial charge in [-0.3, -0.25) is 9.20 Å². The lowest BCUT2D eigenvalue weighted by molar-refractivity contribution is 0.0624.